The number of nitrogens with one attached hydrogen (secondary N) is 3. The molecule has 9 heteroatoms. The van der Waals surface area contributed by atoms with Crippen molar-refractivity contribution in [2.45, 2.75) is 114 Å². The Balaban J connectivity index is 1.24. The Morgan fingerprint density at radius 3 is 2.32 bits per heavy atom. The highest BCUT2D eigenvalue weighted by atomic mass is 16.5. The molecule has 0 aromatic carbocycles. The van der Waals surface area contributed by atoms with Crippen molar-refractivity contribution in [3.05, 3.63) is 0 Å². The minimum absolute atomic E-state index is 0.000496. The van der Waals surface area contributed by atoms with Gasteiger partial charge in [0.25, 0.3) is 0 Å². The number of carbonyl (C=O) groups excluding carboxylic acids is 2. The summed E-state index contributed by atoms with van der Waals surface area (Å²) in [4.78, 5) is 30.6. The Hall–Kier alpha value is -1.26. The monoisotopic (exact) mass is 534 g/mol. The quantitative estimate of drug-likeness (QED) is 0.370. The number of hydrogen-bond donors (Lipinski definition) is 4. The Morgan fingerprint density at radius 2 is 1.66 bits per heavy atom. The second kappa shape index (κ2) is 12.9. The molecule has 3 saturated heterocycles. The van der Waals surface area contributed by atoms with Crippen LogP contribution in [-0.4, -0.2) is 81.3 Å². The predicted molar refractivity (Wildman–Crippen MR) is 145 cm³/mol. The largest absolute Gasteiger partial charge is 0.381 e. The molecule has 0 spiro atoms. The third-order valence-electron chi connectivity index (χ3n) is 10.6. The van der Waals surface area contributed by atoms with E-state index in [1.807, 2.05) is 12.0 Å². The fourth-order valence-corrected chi connectivity index (χ4v) is 8.10. The molecule has 0 radical (unpaired) electrons. The maximum Gasteiger partial charge on any atom is 0.234 e. The first kappa shape index (κ1) is 28.3. The zero-order valence-electron chi connectivity index (χ0n) is 23.7. The van der Waals surface area contributed by atoms with Crippen LogP contribution in [0.25, 0.3) is 0 Å². The van der Waals surface area contributed by atoms with Crippen molar-refractivity contribution in [2.75, 3.05) is 33.9 Å². The standard InChI is InChI=1S/C29H51N5O4/c1-37-21-10-6-19(7-11-21)14-16-34-26(30)23(28(35)31-18-20-8-12-22(38-2)13-9-20)17-24-27(34)32-25-5-3-4-15-33(25)29(24)36/h19-27,32H,3-18,30H2,1-2H3,(H,31,35)/p+1. The number of rotatable bonds is 8. The normalized spacial score (nSPS) is 41.8. The molecule has 0 bridgehead atoms. The third-order valence-corrected chi connectivity index (χ3v) is 10.6. The van der Waals surface area contributed by atoms with Gasteiger partial charge in [-0.25, -0.2) is 5.32 Å². The molecule has 5 aliphatic rings. The number of amides is 2. The molecule has 5 fully saturated rings. The molecular weight excluding hydrogens is 482 g/mol. The topological polar surface area (TPSA) is 110 Å². The minimum Gasteiger partial charge on any atom is -0.381 e. The van der Waals surface area contributed by atoms with E-state index in [1.165, 1.54) is 17.7 Å². The summed E-state index contributed by atoms with van der Waals surface area (Å²) >= 11 is 0. The van der Waals surface area contributed by atoms with Crippen LogP contribution in [0.1, 0.15) is 83.5 Å². The maximum absolute atomic E-state index is 13.7. The lowest BCUT2D eigenvalue weighted by molar-refractivity contribution is -0.965. The van der Waals surface area contributed by atoms with Gasteiger partial charge in [-0.3, -0.25) is 15.3 Å². The van der Waals surface area contributed by atoms with Gasteiger partial charge in [-0.2, -0.15) is 0 Å². The number of likely N-dealkylation sites (tertiary alicyclic amines) is 1. The van der Waals surface area contributed by atoms with Crippen LogP contribution in [0.5, 0.6) is 0 Å². The molecule has 6 atom stereocenters. The first-order valence-corrected chi connectivity index (χ1v) is 15.5. The number of piperidine rings is 2. The zero-order chi connectivity index (χ0) is 26.6. The molecule has 38 heavy (non-hydrogen) atoms. The van der Waals surface area contributed by atoms with Gasteiger partial charge in [-0.1, -0.05) is 0 Å². The van der Waals surface area contributed by atoms with Crippen molar-refractivity contribution in [1.82, 2.24) is 15.5 Å². The molecule has 2 amide bonds. The van der Waals surface area contributed by atoms with Crippen LogP contribution in [0, 0.1) is 23.7 Å². The van der Waals surface area contributed by atoms with Gasteiger partial charge in [0, 0.05) is 27.3 Å². The fraction of sp³-hybridized carbons (Fsp3) is 0.931. The average molecular weight is 535 g/mol. The van der Waals surface area contributed by atoms with E-state index < -0.39 is 0 Å². The van der Waals surface area contributed by atoms with Gasteiger partial charge in [0.15, 0.2) is 12.3 Å². The molecule has 0 aromatic rings. The Bertz CT molecular complexity index is 798. The Kier molecular flexibility index (Phi) is 9.63. The van der Waals surface area contributed by atoms with Crippen LogP contribution in [0.3, 0.4) is 0 Å². The van der Waals surface area contributed by atoms with Gasteiger partial charge in [-0.05, 0) is 95.3 Å². The first-order chi connectivity index (χ1) is 18.5. The van der Waals surface area contributed by atoms with Crippen molar-refractivity contribution < 1.29 is 24.0 Å². The first-order valence-electron chi connectivity index (χ1n) is 15.5. The van der Waals surface area contributed by atoms with Gasteiger partial charge >= 0.3 is 0 Å². The number of quaternary nitrogens is 1. The van der Waals surface area contributed by atoms with E-state index in [1.54, 1.807) is 7.11 Å². The van der Waals surface area contributed by atoms with Crippen molar-refractivity contribution in [3.63, 3.8) is 0 Å². The van der Waals surface area contributed by atoms with Gasteiger partial charge < -0.3 is 24.6 Å². The van der Waals surface area contributed by atoms with Gasteiger partial charge in [-0.15, -0.1) is 0 Å². The van der Waals surface area contributed by atoms with E-state index in [4.69, 9.17) is 15.2 Å². The van der Waals surface area contributed by atoms with Crippen LogP contribution < -0.4 is 21.3 Å². The van der Waals surface area contributed by atoms with E-state index in [9.17, 15) is 9.59 Å². The molecule has 0 aromatic heterocycles. The number of methoxy groups -OCH3 is 2. The summed E-state index contributed by atoms with van der Waals surface area (Å²) < 4.78 is 11.1. The van der Waals surface area contributed by atoms with Crippen LogP contribution >= 0.6 is 0 Å². The summed E-state index contributed by atoms with van der Waals surface area (Å²) in [5, 5.41) is 7.11. The third kappa shape index (κ3) is 6.22. The summed E-state index contributed by atoms with van der Waals surface area (Å²) in [5.41, 5.74) is 6.95. The summed E-state index contributed by atoms with van der Waals surface area (Å²) in [5.74, 6) is 0.918. The van der Waals surface area contributed by atoms with Gasteiger partial charge in [0.1, 0.15) is 11.8 Å². The minimum atomic E-state index is -0.335. The number of nitrogens with two attached hydrogens (primary N) is 1. The molecular formula is C29H52N5O4+. The molecule has 2 saturated carbocycles. The second-order valence-corrected chi connectivity index (χ2v) is 12.8. The van der Waals surface area contributed by atoms with Crippen molar-refractivity contribution >= 4 is 11.8 Å². The summed E-state index contributed by atoms with van der Waals surface area (Å²) in [6.07, 6.45) is 14.3. The van der Waals surface area contributed by atoms with Crippen molar-refractivity contribution in [3.8, 4) is 0 Å². The Morgan fingerprint density at radius 1 is 1.00 bits per heavy atom. The van der Waals surface area contributed by atoms with Crippen LogP contribution in [0.15, 0.2) is 0 Å². The van der Waals surface area contributed by atoms with E-state index >= 15 is 0 Å². The number of nitrogens with zero attached hydrogens (tertiary/aromatic N) is 1. The molecule has 5 N–H and O–H groups in total. The van der Waals surface area contributed by atoms with Gasteiger partial charge in [0.05, 0.1) is 24.9 Å². The lowest BCUT2D eigenvalue weighted by Crippen LogP contribution is -3.26. The second-order valence-electron chi connectivity index (χ2n) is 12.8. The van der Waals surface area contributed by atoms with E-state index in [2.05, 4.69) is 10.6 Å². The lowest BCUT2D eigenvalue weighted by atomic mass is 9.79. The molecule has 6 unspecified atom stereocenters. The lowest BCUT2D eigenvalue weighted by Gasteiger charge is -2.53. The highest BCUT2D eigenvalue weighted by Crippen LogP contribution is 2.32. The summed E-state index contributed by atoms with van der Waals surface area (Å²) in [7, 11) is 3.61. The number of hydrogen-bond acceptors (Lipinski definition) is 6. The van der Waals surface area contributed by atoms with Crippen LogP contribution in [-0.2, 0) is 19.1 Å². The summed E-state index contributed by atoms with van der Waals surface area (Å²) in [6.45, 7) is 2.43. The molecule has 2 aliphatic carbocycles. The smallest absolute Gasteiger partial charge is 0.234 e. The zero-order valence-corrected chi connectivity index (χ0v) is 23.7. The molecule has 5 rings (SSSR count). The maximum atomic E-state index is 13.7. The predicted octanol–water partition coefficient (Wildman–Crippen LogP) is 0.977. The van der Waals surface area contributed by atoms with E-state index in [-0.39, 0.29) is 42.1 Å². The number of ether oxygens (including phenoxy) is 2. The van der Waals surface area contributed by atoms with Crippen molar-refractivity contribution in [2.24, 2.45) is 29.4 Å². The summed E-state index contributed by atoms with van der Waals surface area (Å²) in [6, 6.07) is 0. The van der Waals surface area contributed by atoms with E-state index in [0.717, 1.165) is 77.3 Å². The average Bonchev–Trinajstić information content (AvgIpc) is 2.96. The molecule has 3 aliphatic heterocycles. The van der Waals surface area contributed by atoms with Crippen molar-refractivity contribution in [1.29, 1.82) is 0 Å². The number of fused-ring (bicyclic) bond motifs is 2. The van der Waals surface area contributed by atoms with Crippen LogP contribution in [0.4, 0.5) is 0 Å². The number of carbonyl (C=O) groups is 2. The highest BCUT2D eigenvalue weighted by Gasteiger charge is 2.55. The van der Waals surface area contributed by atoms with E-state index in [0.29, 0.717) is 37.0 Å². The SMILES string of the molecule is COC1CCC(CC[NH+]2C(N)C(C(=O)NCC3CCC(OC)CC3)CC3C(=O)N4CCCCC4NC32)CC1. The van der Waals surface area contributed by atoms with Gasteiger partial charge in [0.2, 0.25) is 11.8 Å². The Labute approximate surface area is 228 Å². The molecule has 216 valence electrons. The highest BCUT2D eigenvalue weighted by molar-refractivity contribution is 5.83. The fourth-order valence-electron chi connectivity index (χ4n) is 8.10. The molecule has 3 heterocycles. The van der Waals surface area contributed by atoms with Crippen LogP contribution in [0.2, 0.25) is 0 Å². The molecule has 9 nitrogen and oxygen atoms in total.